The van der Waals surface area contributed by atoms with Crippen molar-refractivity contribution in [2.75, 3.05) is 31.1 Å². The molecule has 2 aliphatic heterocycles. The van der Waals surface area contributed by atoms with E-state index in [2.05, 4.69) is 117 Å². The molecule has 442 valence electrons. The molecule has 3 atom stereocenters. The highest BCUT2D eigenvalue weighted by atomic mass is 79.9. The Hall–Kier alpha value is -6.48. The zero-order valence-electron chi connectivity index (χ0n) is 45.4. The van der Waals surface area contributed by atoms with Gasteiger partial charge in [0.25, 0.3) is 16.7 Å². The first kappa shape index (κ1) is 72.0. The number of hydrogen-bond donors (Lipinski definition) is 4. The number of nitrogens with zero attached hydrogens (tertiary/aromatic N) is 7. The Kier molecular flexibility index (Phi) is 30.7. The van der Waals surface area contributed by atoms with Crippen molar-refractivity contribution in [3.8, 4) is 18.2 Å². The minimum atomic E-state index is -0.274. The average molecular weight is 1470 g/mol. The number of piperidine rings is 2. The number of aromatic nitrogens is 4. The molecule has 86 heavy (non-hydrogen) atoms. The van der Waals surface area contributed by atoms with E-state index in [0.717, 1.165) is 80.1 Å². The van der Waals surface area contributed by atoms with Crippen LogP contribution < -0.4 is 38.6 Å². The smallest absolute Gasteiger partial charge is 0.266 e. The molecule has 4 aromatic heterocycles. The van der Waals surface area contributed by atoms with Gasteiger partial charge in [-0.15, -0.1) is 0 Å². The fraction of sp³-hybridized carbons (Fsp3) is 0.246. The summed E-state index contributed by atoms with van der Waals surface area (Å²) in [6.45, 7) is 3.97. The van der Waals surface area contributed by atoms with Gasteiger partial charge in [-0.05, 0) is 185 Å². The summed E-state index contributed by atoms with van der Waals surface area (Å²) in [6, 6.07) is 43.6. The van der Waals surface area contributed by atoms with Crippen molar-refractivity contribution in [1.29, 1.82) is 15.8 Å². The molecule has 6 heterocycles. The molecule has 4 radical (unpaired) electrons. The van der Waals surface area contributed by atoms with Crippen LogP contribution in [-0.2, 0) is 24.3 Å². The zero-order valence-corrected chi connectivity index (χ0v) is 54.0. The first-order chi connectivity index (χ1) is 40.8. The first-order valence-electron chi connectivity index (χ1n) is 26.1. The molecule has 7 aromatic rings. The van der Waals surface area contributed by atoms with Crippen molar-refractivity contribution in [2.24, 2.45) is 17.4 Å². The molecule has 25 heteroatoms. The number of aromatic amines is 2. The summed E-state index contributed by atoms with van der Waals surface area (Å²) in [5.41, 5.74) is 16.8. The van der Waals surface area contributed by atoms with E-state index in [0.29, 0.717) is 63.0 Å². The molecule has 1 unspecified atom stereocenters. The Balaban J connectivity index is 0.000000240. The van der Waals surface area contributed by atoms with Gasteiger partial charge in [-0.1, -0.05) is 103 Å². The van der Waals surface area contributed by atoms with Gasteiger partial charge >= 0.3 is 0 Å². The molecule has 0 bridgehead atoms. The Labute approximate surface area is 550 Å². The third-order valence-corrected chi connectivity index (χ3v) is 16.4. The maximum Gasteiger partial charge on any atom is 0.266 e. The number of anilines is 1. The van der Waals surface area contributed by atoms with Gasteiger partial charge in [0, 0.05) is 65.5 Å². The summed E-state index contributed by atoms with van der Waals surface area (Å²) in [4.78, 5) is 67.6. The van der Waals surface area contributed by atoms with Gasteiger partial charge in [0.2, 0.25) is 5.56 Å². The molecule has 3 aromatic carbocycles. The number of nitriles is 3. The number of allylic oxidation sites excluding steroid dienone is 4. The highest BCUT2D eigenvalue weighted by Gasteiger charge is 2.33. The molecular weight excluding hydrogens is 1410 g/mol. The van der Waals surface area contributed by atoms with Gasteiger partial charge in [0.15, 0.2) is 5.78 Å². The second-order valence-electron chi connectivity index (χ2n) is 18.9. The van der Waals surface area contributed by atoms with Crippen LogP contribution in [0.1, 0.15) is 66.5 Å². The van der Waals surface area contributed by atoms with E-state index in [1.165, 1.54) is 10.6 Å². The second kappa shape index (κ2) is 36.6. The number of nitrogens with two attached hydrogens (primary N) is 2. The lowest BCUT2D eigenvalue weighted by atomic mass is 9.81. The number of pyridine rings is 4. The number of halogens is 7. The van der Waals surface area contributed by atoms with Crippen LogP contribution in [0.25, 0.3) is 0 Å². The van der Waals surface area contributed by atoms with Crippen LogP contribution in [0.2, 0.25) is 15.5 Å². The number of carbonyl (C=O) groups is 1. The molecule has 2 fully saturated rings. The van der Waals surface area contributed by atoms with E-state index in [9.17, 15) is 34.5 Å². The largest absolute Gasteiger partial charge is 0.373 e. The molecule has 0 spiro atoms. The molecular formula is C61H58B2Br4Cl3N11O5. The maximum absolute atomic E-state index is 12.8. The van der Waals surface area contributed by atoms with Crippen molar-refractivity contribution < 1.29 is 4.79 Å². The van der Waals surface area contributed by atoms with Crippen molar-refractivity contribution in [3.63, 3.8) is 0 Å². The quantitative estimate of drug-likeness (QED) is 0.0818. The van der Waals surface area contributed by atoms with Gasteiger partial charge < -0.3 is 31.2 Å². The normalized spacial score (nSPS) is 15.7. The molecule has 2 saturated heterocycles. The Morgan fingerprint density at radius 3 is 1.55 bits per heavy atom. The summed E-state index contributed by atoms with van der Waals surface area (Å²) in [6.07, 6.45) is 8.46. The van der Waals surface area contributed by atoms with Gasteiger partial charge in [0.05, 0.1) is 71.8 Å². The summed E-state index contributed by atoms with van der Waals surface area (Å²) < 4.78 is 5.18. The van der Waals surface area contributed by atoms with E-state index >= 15 is 0 Å². The van der Waals surface area contributed by atoms with Gasteiger partial charge in [-0.25, -0.2) is 0 Å². The SMILES string of the molecule is C.N#Cc1ccccc1CC1C(=O)C(Br)=CC=C1N1CCC[C@@H](N)C1.N#Cc1ccccc1Cn1c(Cl)ccc(Br)c1=O.N#Cc1ccccc1Cn1c(N2CCC[C@@H](N)C2)ccc(Br)c1=O.O=c1[nH]c(Cl)ccc1Br.O=c1cccc(Cl)[nH]1.[B][B]. The highest BCUT2D eigenvalue weighted by Crippen LogP contribution is 2.33. The van der Waals surface area contributed by atoms with E-state index in [1.807, 2.05) is 66.7 Å². The Morgan fingerprint density at radius 1 is 0.558 bits per heavy atom. The maximum atomic E-state index is 12.8. The van der Waals surface area contributed by atoms with Gasteiger partial charge in [0.1, 0.15) is 21.3 Å². The summed E-state index contributed by atoms with van der Waals surface area (Å²) in [5, 5.41) is 28.7. The van der Waals surface area contributed by atoms with Crippen molar-refractivity contribution in [1.82, 2.24) is 24.0 Å². The molecule has 10 rings (SSSR count). The predicted molar refractivity (Wildman–Crippen MR) is 359 cm³/mol. The lowest BCUT2D eigenvalue weighted by Gasteiger charge is -2.38. The molecule has 16 nitrogen and oxygen atoms in total. The summed E-state index contributed by atoms with van der Waals surface area (Å²) in [7, 11) is 8.00. The number of carbonyl (C=O) groups excluding carboxylic acids is 1. The number of nitrogens with one attached hydrogen (secondary N) is 2. The Bertz CT molecular complexity index is 3900. The van der Waals surface area contributed by atoms with Crippen LogP contribution >= 0.6 is 98.5 Å². The van der Waals surface area contributed by atoms with Gasteiger partial charge in [-0.3, -0.25) is 33.1 Å². The first-order valence-corrected chi connectivity index (χ1v) is 30.4. The Morgan fingerprint density at radius 2 is 1.03 bits per heavy atom. The lowest BCUT2D eigenvalue weighted by Crippen LogP contribution is -2.45. The van der Waals surface area contributed by atoms with Crippen LogP contribution in [0.5, 0.6) is 0 Å². The number of H-pyrrole nitrogens is 2. The number of likely N-dealkylation sites (tertiary alicyclic amines) is 1. The second-order valence-corrected chi connectivity index (χ2v) is 23.5. The standard InChI is InChI=1S/C19H20BrN3O.C18H19BrN4O.C13H8BrClN2O.C5H3BrClNO.C5H4ClNO.CH4.B2/c20-17-7-8-18(23-9-3-6-15(22)12-23)16(19(17)24)10-13-4-1-2-5-14(13)11-21;19-16-7-8-17(22-9-3-6-15(21)12-22)23(18(16)24)11-14-5-2-1-4-13(14)10-20;14-11-5-6-12(15)17(13(11)18)8-10-4-2-1-3-9(10)7-16;6-3-1-2-4(7)8-5(3)9;6-4-2-1-3-5(8)7-4;;1-2/h1-2,4-5,7-8,15-16H,3,6,9-10,12,22H2;1-2,4-5,7-8,15H,3,6,9,11-12,21H2;1-6H,8H2;1-2H,(H,8,9);1-3H,(H,7,8);1H4;/t15-,16?;15-;;;;;/m11...../s1. The molecule has 6 N–H and O–H groups in total. The lowest BCUT2D eigenvalue weighted by molar-refractivity contribution is -0.118. The molecule has 0 saturated carbocycles. The minimum Gasteiger partial charge on any atom is -0.373 e. The number of benzene rings is 3. The van der Waals surface area contributed by atoms with Crippen LogP contribution in [0.4, 0.5) is 5.82 Å². The molecule has 3 aliphatic rings. The van der Waals surface area contributed by atoms with Gasteiger partial charge in [-0.2, -0.15) is 15.8 Å². The third-order valence-electron chi connectivity index (χ3n) is 13.1. The number of rotatable bonds is 8. The van der Waals surface area contributed by atoms with Crippen LogP contribution in [0.3, 0.4) is 0 Å². The van der Waals surface area contributed by atoms with Crippen molar-refractivity contribution in [3.05, 3.63) is 253 Å². The number of Topliss-reactive ketones (excluding diaryl/α,β-unsaturated/α-hetero) is 1. The number of hydrogen-bond acceptors (Lipinski definition) is 12. The molecule has 1 aliphatic carbocycles. The summed E-state index contributed by atoms with van der Waals surface area (Å²) >= 11 is 29.7. The fourth-order valence-electron chi connectivity index (χ4n) is 9.05. The minimum absolute atomic E-state index is 0. The van der Waals surface area contributed by atoms with E-state index in [1.54, 1.807) is 71.3 Å². The zero-order chi connectivity index (χ0) is 62.2. The van der Waals surface area contributed by atoms with E-state index < -0.39 is 0 Å². The summed E-state index contributed by atoms with van der Waals surface area (Å²) in [5.74, 6) is 0.648. The number of ketones is 1. The average Bonchev–Trinajstić information content (AvgIpc) is 2.42. The van der Waals surface area contributed by atoms with Crippen molar-refractivity contribution >= 4 is 126 Å². The van der Waals surface area contributed by atoms with E-state index in [-0.39, 0.29) is 60.0 Å². The molecule has 0 amide bonds. The van der Waals surface area contributed by atoms with Crippen LogP contribution in [0.15, 0.2) is 182 Å². The monoisotopic (exact) mass is 1470 g/mol. The van der Waals surface area contributed by atoms with Crippen LogP contribution in [-0.4, -0.2) is 83.5 Å². The van der Waals surface area contributed by atoms with E-state index in [4.69, 9.17) is 51.5 Å². The highest BCUT2D eigenvalue weighted by molar-refractivity contribution is 9.12. The third kappa shape index (κ3) is 21.1. The fourth-order valence-corrected chi connectivity index (χ4v) is 10.9. The van der Waals surface area contributed by atoms with Crippen LogP contribution in [0, 0.1) is 39.9 Å². The topological polar surface area (TPSA) is 257 Å². The van der Waals surface area contributed by atoms with Crippen molar-refractivity contribution in [2.45, 2.75) is 64.7 Å². The predicted octanol–water partition coefficient (Wildman–Crippen LogP) is 11.2.